The number of nitrogens with zero attached hydrogens (tertiary/aromatic N) is 1. The van der Waals surface area contributed by atoms with E-state index in [4.69, 9.17) is 29.1 Å². The molecule has 13 rings (SSSR count). The van der Waals surface area contributed by atoms with Gasteiger partial charge in [-0.3, -0.25) is 0 Å². The summed E-state index contributed by atoms with van der Waals surface area (Å²) in [6.07, 6.45) is 0. The number of hydrogen-bond acceptors (Lipinski definition) is 2. The van der Waals surface area contributed by atoms with E-state index in [1.165, 1.54) is 12.1 Å². The fraction of sp³-hybridized carbons (Fsp3) is 0.0154. The van der Waals surface area contributed by atoms with Crippen LogP contribution in [0, 0.1) is 0 Å². The van der Waals surface area contributed by atoms with Crippen LogP contribution in [0.15, 0.2) is 264 Å². The molecule has 0 N–H and O–H groups in total. The van der Waals surface area contributed by atoms with E-state index < -0.39 is 283 Å². The Labute approximate surface area is 436 Å². The molecule has 1 heterocycles. The molecular formula is C65H43NO. The Morgan fingerprint density at radius 3 is 2.01 bits per heavy atom. The van der Waals surface area contributed by atoms with Gasteiger partial charge in [-0.15, -0.1) is 0 Å². The van der Waals surface area contributed by atoms with Gasteiger partial charge in [0.25, 0.3) is 0 Å². The quantitative estimate of drug-likeness (QED) is 0.151. The van der Waals surface area contributed by atoms with Crippen LogP contribution in [-0.2, 0) is 5.41 Å². The van der Waals surface area contributed by atoms with Gasteiger partial charge in [-0.25, -0.2) is 0 Å². The zero-order valence-electron chi connectivity index (χ0n) is 67.1. The summed E-state index contributed by atoms with van der Waals surface area (Å²) in [6.45, 7) is 0. The monoisotopic (exact) mass is 887 g/mol. The third-order valence-electron chi connectivity index (χ3n) is 11.6. The molecule has 314 valence electrons. The lowest BCUT2D eigenvalue weighted by Gasteiger charge is -2.35. The van der Waals surface area contributed by atoms with E-state index in [2.05, 4.69) is 0 Å². The summed E-state index contributed by atoms with van der Waals surface area (Å²) >= 11 is 0. The van der Waals surface area contributed by atoms with Crippen LogP contribution in [-0.4, -0.2) is 0 Å². The van der Waals surface area contributed by atoms with Crippen LogP contribution < -0.4 is 4.90 Å². The van der Waals surface area contributed by atoms with Crippen molar-refractivity contribution < 1.29 is 49.7 Å². The van der Waals surface area contributed by atoms with Crippen molar-refractivity contribution in [3.05, 3.63) is 282 Å². The molecule has 1 unspecified atom stereocenters. The molecule has 11 aromatic carbocycles. The Balaban J connectivity index is 1.21. The second-order valence-electron chi connectivity index (χ2n) is 15.0. The minimum Gasteiger partial charge on any atom is -0.454 e. The van der Waals surface area contributed by atoms with E-state index >= 15 is 0 Å². The number of para-hydroxylation sites is 2. The molecule has 0 saturated heterocycles. The first-order valence-electron chi connectivity index (χ1n) is 36.9. The molecule has 67 heavy (non-hydrogen) atoms. The maximum atomic E-state index is 10.9. The number of anilines is 3. The van der Waals surface area contributed by atoms with Gasteiger partial charge >= 0.3 is 0 Å². The minimum absolute atomic E-state index is 0.200. The van der Waals surface area contributed by atoms with E-state index in [1.54, 1.807) is 0 Å². The lowest BCUT2D eigenvalue weighted by molar-refractivity contribution is 0.669. The Kier molecular flexibility index (Phi) is 4.22. The van der Waals surface area contributed by atoms with Crippen LogP contribution in [0.1, 0.15) is 67.5 Å². The normalized spacial score (nSPS) is 20.9. The summed E-state index contributed by atoms with van der Waals surface area (Å²) in [4.78, 5) is 0.765. The molecule has 1 aromatic heterocycles. The molecule has 1 aliphatic carbocycles. The summed E-state index contributed by atoms with van der Waals surface area (Å²) in [5.74, 6) is 0. The Bertz CT molecular complexity index is 5750. The molecular weight excluding hydrogens is 811 g/mol. The Morgan fingerprint density at radius 1 is 0.388 bits per heavy atom. The van der Waals surface area contributed by atoms with Crippen LogP contribution in [0.3, 0.4) is 0 Å². The molecule has 2 nitrogen and oxygen atoms in total. The molecule has 12 aromatic rings. The van der Waals surface area contributed by atoms with Crippen LogP contribution in [0.5, 0.6) is 0 Å². The number of hydrogen-bond donors (Lipinski definition) is 0. The maximum absolute atomic E-state index is 10.9. The van der Waals surface area contributed by atoms with E-state index in [0.29, 0.717) is 0 Å². The largest absolute Gasteiger partial charge is 0.454 e. The van der Waals surface area contributed by atoms with Crippen molar-refractivity contribution in [1.29, 1.82) is 0 Å². The van der Waals surface area contributed by atoms with E-state index in [-0.39, 0.29) is 38.4 Å². The molecule has 0 amide bonds. The lowest BCUT2D eigenvalue weighted by atomic mass is 9.67. The molecule has 0 fully saturated rings. The van der Waals surface area contributed by atoms with Crippen molar-refractivity contribution in [3.8, 4) is 44.5 Å². The van der Waals surface area contributed by atoms with Gasteiger partial charge in [0.1, 0.15) is 5.58 Å². The highest BCUT2D eigenvalue weighted by Gasteiger charge is 2.46. The number of fused-ring (bicyclic) bond motifs is 7. The average molecular weight is 887 g/mol. The second kappa shape index (κ2) is 15.8. The topological polar surface area (TPSA) is 16.4 Å². The molecule has 2 heteroatoms. The first kappa shape index (κ1) is 17.9. The summed E-state index contributed by atoms with van der Waals surface area (Å²) < 4.78 is 312. The van der Waals surface area contributed by atoms with Crippen LogP contribution in [0.2, 0.25) is 0 Å². The highest BCUT2D eigenvalue weighted by molar-refractivity contribution is 6.10. The van der Waals surface area contributed by atoms with E-state index in [9.17, 15) is 20.6 Å². The summed E-state index contributed by atoms with van der Waals surface area (Å²) in [6, 6.07) is -17.0. The zero-order valence-corrected chi connectivity index (χ0v) is 34.1. The highest BCUT2D eigenvalue weighted by atomic mass is 16.3. The first-order valence-corrected chi connectivity index (χ1v) is 20.4. The maximum Gasteiger partial charge on any atom is 0.159 e. The van der Waals surface area contributed by atoms with Gasteiger partial charge < -0.3 is 9.32 Å². The van der Waals surface area contributed by atoms with Crippen molar-refractivity contribution in [2.75, 3.05) is 4.90 Å². The molecule has 0 spiro atoms. The van der Waals surface area contributed by atoms with Crippen molar-refractivity contribution in [2.45, 2.75) is 5.41 Å². The molecule has 1 aliphatic rings. The van der Waals surface area contributed by atoms with Crippen molar-refractivity contribution in [2.24, 2.45) is 0 Å². The molecule has 0 bridgehead atoms. The average Bonchev–Trinajstić information content (AvgIpc) is 1.48. The van der Waals surface area contributed by atoms with Crippen molar-refractivity contribution in [3.63, 3.8) is 0 Å². The van der Waals surface area contributed by atoms with Gasteiger partial charge in [0.05, 0.1) is 56.3 Å². The van der Waals surface area contributed by atoms with Gasteiger partial charge in [-0.1, -0.05) is 224 Å². The smallest absolute Gasteiger partial charge is 0.159 e. The second-order valence-corrected chi connectivity index (χ2v) is 15.0. The SMILES string of the molecule is [2H]c1cc(C2(c3c([2H])c([2H])c([2H])c([2H])c3[2H])c3c([2H])c([2H])c([2H])c([2H])c3-c3c([2H])c([2H])c(N(c4c([2H])cc(-c5c([2H])cc6c([2H])c([2H])c([2H])c([2H])c6c5-c5ccc(-c6cc([2H])c([2H])c([2H])c6[2H])c([2H])c5[2H])c([2H])c4[2H])c4ccc([2H])c5c4oc4cc([2H])c([2H])c([2H])c45)c([2H])c32)cc([2H])c1[2H]. The Hall–Kier alpha value is -8.72. The van der Waals surface area contributed by atoms with Crippen molar-refractivity contribution in [1.82, 2.24) is 0 Å². The standard InChI is InChI=1S/C65H43NO/c1-4-17-44(18-5-1)45-31-33-48(34-32-45)63-53-24-11-10-19-46(53)37-41-54(63)47-35-38-51(39-36-47)66(61-29-16-27-58-57-26-13-15-30-62(57)67-64(58)61)52-40-42-56-55-25-12-14-28-59(55)65(60(56)43-52,49-20-6-2-7-21-49)50-22-8-3-9-23-50/h1-43H/i1D,2D,3D,4D,5D,6D,7D,8D,9D,10D,11D,12D,13D,14D,15D,17D,19D,20D,21D,24D,25D,26D,27D,28D,31D,33D,35D,38D,39D,40D,41D,42D,43D. The fourth-order valence-corrected chi connectivity index (χ4v) is 8.69. The van der Waals surface area contributed by atoms with Gasteiger partial charge in [-0.2, -0.15) is 0 Å². The summed E-state index contributed by atoms with van der Waals surface area (Å²) in [5, 5.41) is -1.25. The third kappa shape index (κ3) is 6.18. The predicted octanol–water partition coefficient (Wildman–Crippen LogP) is 17.6. The minimum atomic E-state index is -3.01. The van der Waals surface area contributed by atoms with E-state index in [0.717, 1.165) is 53.4 Å². The Morgan fingerprint density at radius 2 is 1.07 bits per heavy atom. The zero-order chi connectivity index (χ0) is 73.0. The third-order valence-corrected chi connectivity index (χ3v) is 11.6. The highest BCUT2D eigenvalue weighted by Crippen LogP contribution is 2.57. The van der Waals surface area contributed by atoms with Gasteiger partial charge in [0.2, 0.25) is 0 Å². The van der Waals surface area contributed by atoms with Gasteiger partial charge in [-0.05, 0) is 114 Å². The van der Waals surface area contributed by atoms with Gasteiger partial charge in [0, 0.05) is 22.1 Å². The van der Waals surface area contributed by atoms with Crippen LogP contribution in [0.4, 0.5) is 17.1 Å². The lowest BCUT2D eigenvalue weighted by Crippen LogP contribution is -2.28. The molecule has 0 saturated carbocycles. The number of rotatable bonds is 8. The van der Waals surface area contributed by atoms with Gasteiger partial charge in [0.15, 0.2) is 5.58 Å². The molecule has 0 aliphatic heterocycles. The van der Waals surface area contributed by atoms with Crippen LogP contribution in [0.25, 0.3) is 77.2 Å². The first-order chi connectivity index (χ1) is 46.9. The summed E-state index contributed by atoms with van der Waals surface area (Å²) in [7, 11) is 0. The molecule has 0 radical (unpaired) electrons. The number of furan rings is 1. The fourth-order valence-electron chi connectivity index (χ4n) is 8.69. The summed E-state index contributed by atoms with van der Waals surface area (Å²) in [5.41, 5.74) is -12.7. The van der Waals surface area contributed by atoms with Crippen molar-refractivity contribution >= 4 is 49.8 Å². The van der Waals surface area contributed by atoms with E-state index in [1.807, 2.05) is 0 Å². The number of benzene rings is 11. The molecule has 1 atom stereocenters. The van der Waals surface area contributed by atoms with Crippen LogP contribution >= 0.6 is 0 Å². The predicted molar refractivity (Wildman–Crippen MR) is 280 cm³/mol.